The summed E-state index contributed by atoms with van der Waals surface area (Å²) in [5.41, 5.74) is 0.874. The van der Waals surface area contributed by atoms with E-state index in [9.17, 15) is 4.57 Å². The van der Waals surface area contributed by atoms with Crippen LogP contribution in [0.25, 0.3) is 10.9 Å². The second-order valence-corrected chi connectivity index (χ2v) is 8.60. The molecule has 0 aliphatic heterocycles. The second-order valence-electron chi connectivity index (χ2n) is 5.58. The Labute approximate surface area is 145 Å². The van der Waals surface area contributed by atoms with E-state index in [0.29, 0.717) is 5.02 Å². The molecule has 0 bridgehead atoms. The summed E-state index contributed by atoms with van der Waals surface area (Å²) in [5, 5.41) is 3.17. The van der Waals surface area contributed by atoms with Crippen LogP contribution in [0.15, 0.2) is 91.1 Å². The van der Waals surface area contributed by atoms with Gasteiger partial charge in [0.1, 0.15) is 0 Å². The Balaban J connectivity index is 2.07. The highest BCUT2D eigenvalue weighted by molar-refractivity contribution is 7.77. The zero-order valence-corrected chi connectivity index (χ0v) is 14.5. The zero-order chi connectivity index (χ0) is 16.6. The third-order valence-corrected chi connectivity index (χ3v) is 7.46. The fourth-order valence-electron chi connectivity index (χ4n) is 3.02. The Hall–Kier alpha value is -2.28. The van der Waals surface area contributed by atoms with Gasteiger partial charge in [0.25, 0.3) is 0 Å². The molecule has 0 saturated carbocycles. The highest BCUT2D eigenvalue weighted by Crippen LogP contribution is 2.47. The molecule has 4 aromatic rings. The second kappa shape index (κ2) is 5.98. The predicted octanol–water partition coefficient (Wildman–Crippen LogP) is 5.07. The standard InChI is InChI=1S/C20H15ClNOP/c21-19-12-7-13-20-18(19)14-15-22(20)24(23,16-8-3-1-4-9-16)17-10-5-2-6-11-17/h1-15H. The molecule has 0 radical (unpaired) electrons. The molecule has 4 rings (SSSR count). The summed E-state index contributed by atoms with van der Waals surface area (Å²) in [4.78, 5) is 0. The molecule has 2 nitrogen and oxygen atoms in total. The maximum atomic E-state index is 14.3. The molecular formula is C20H15ClNOP. The molecule has 24 heavy (non-hydrogen) atoms. The van der Waals surface area contributed by atoms with Crippen molar-refractivity contribution in [1.82, 2.24) is 4.34 Å². The van der Waals surface area contributed by atoms with Gasteiger partial charge in [-0.2, -0.15) is 0 Å². The molecule has 0 unspecified atom stereocenters. The average molecular weight is 352 g/mol. The van der Waals surface area contributed by atoms with Gasteiger partial charge in [-0.05, 0) is 42.5 Å². The fourth-order valence-corrected chi connectivity index (χ4v) is 5.93. The molecule has 0 fully saturated rings. The molecule has 0 amide bonds. The average Bonchev–Trinajstić information content (AvgIpc) is 3.08. The summed E-state index contributed by atoms with van der Waals surface area (Å²) in [7, 11) is -3.04. The minimum Gasteiger partial charge on any atom is -0.290 e. The van der Waals surface area contributed by atoms with Crippen molar-refractivity contribution >= 4 is 40.4 Å². The first-order valence-electron chi connectivity index (χ1n) is 7.69. The van der Waals surface area contributed by atoms with Gasteiger partial charge >= 0.3 is 0 Å². The normalized spacial score (nSPS) is 11.7. The number of halogens is 1. The molecule has 118 valence electrons. The van der Waals surface area contributed by atoms with Crippen molar-refractivity contribution in [3.8, 4) is 0 Å². The Bertz CT molecular complexity index is 998. The SMILES string of the molecule is O=P(c1ccccc1)(c1ccccc1)n1ccc2c(Cl)cccc21. The summed E-state index contributed by atoms with van der Waals surface area (Å²) in [6.45, 7) is 0. The molecule has 0 N–H and O–H groups in total. The van der Waals surface area contributed by atoms with E-state index >= 15 is 0 Å². The minimum atomic E-state index is -3.04. The Morgan fingerprint density at radius 2 is 1.29 bits per heavy atom. The lowest BCUT2D eigenvalue weighted by Gasteiger charge is -2.22. The van der Waals surface area contributed by atoms with Crippen LogP contribution < -0.4 is 10.6 Å². The van der Waals surface area contributed by atoms with Crippen LogP contribution in [0, 0.1) is 0 Å². The molecule has 1 aromatic heterocycles. The highest BCUT2D eigenvalue weighted by Gasteiger charge is 2.30. The Morgan fingerprint density at radius 3 is 1.88 bits per heavy atom. The maximum absolute atomic E-state index is 14.3. The van der Waals surface area contributed by atoms with E-state index < -0.39 is 7.29 Å². The van der Waals surface area contributed by atoms with Gasteiger partial charge in [-0.25, -0.2) is 0 Å². The fraction of sp³-hybridized carbons (Fsp3) is 0. The molecule has 0 aliphatic rings. The monoisotopic (exact) mass is 351 g/mol. The number of benzene rings is 3. The van der Waals surface area contributed by atoms with Crippen molar-refractivity contribution in [3.05, 3.63) is 96.1 Å². The zero-order valence-electron chi connectivity index (χ0n) is 12.8. The summed E-state index contributed by atoms with van der Waals surface area (Å²) in [6.07, 6.45) is 1.87. The molecule has 0 aliphatic carbocycles. The van der Waals surface area contributed by atoms with Gasteiger partial charge in [0.2, 0.25) is 7.29 Å². The van der Waals surface area contributed by atoms with E-state index in [1.54, 1.807) is 0 Å². The van der Waals surface area contributed by atoms with Gasteiger partial charge in [0.15, 0.2) is 0 Å². The van der Waals surface area contributed by atoms with Crippen LogP contribution in [0.4, 0.5) is 0 Å². The Kier molecular flexibility index (Phi) is 3.80. The van der Waals surface area contributed by atoms with Crippen LogP contribution in [0.5, 0.6) is 0 Å². The highest BCUT2D eigenvalue weighted by atomic mass is 35.5. The number of hydrogen-bond acceptors (Lipinski definition) is 1. The predicted molar refractivity (Wildman–Crippen MR) is 102 cm³/mol. The Morgan fingerprint density at radius 1 is 0.708 bits per heavy atom. The molecule has 3 aromatic carbocycles. The molecule has 0 atom stereocenters. The summed E-state index contributed by atoms with van der Waals surface area (Å²) in [6, 6.07) is 26.9. The molecular weight excluding hydrogens is 337 g/mol. The lowest BCUT2D eigenvalue weighted by Crippen LogP contribution is -2.20. The van der Waals surface area contributed by atoms with Gasteiger partial charge in [-0.3, -0.25) is 8.90 Å². The van der Waals surface area contributed by atoms with Crippen molar-refractivity contribution < 1.29 is 4.57 Å². The van der Waals surface area contributed by atoms with Gasteiger partial charge in [0.05, 0.1) is 5.52 Å². The quantitative estimate of drug-likeness (QED) is 0.472. The number of aromatic nitrogens is 1. The van der Waals surface area contributed by atoms with Crippen LogP contribution in [0.3, 0.4) is 0 Å². The molecule has 0 spiro atoms. The van der Waals surface area contributed by atoms with Gasteiger partial charge in [-0.15, -0.1) is 0 Å². The summed E-state index contributed by atoms with van der Waals surface area (Å²) in [5.74, 6) is 0. The van der Waals surface area contributed by atoms with E-state index in [4.69, 9.17) is 11.6 Å². The minimum absolute atomic E-state index is 0.666. The van der Waals surface area contributed by atoms with Crippen molar-refractivity contribution in [2.75, 3.05) is 0 Å². The summed E-state index contributed by atoms with van der Waals surface area (Å²) < 4.78 is 16.2. The van der Waals surface area contributed by atoms with E-state index in [1.165, 1.54) is 0 Å². The van der Waals surface area contributed by atoms with Crippen LogP contribution in [-0.4, -0.2) is 4.34 Å². The van der Waals surface area contributed by atoms with Crippen molar-refractivity contribution in [1.29, 1.82) is 0 Å². The van der Waals surface area contributed by atoms with E-state index in [2.05, 4.69) is 0 Å². The maximum Gasteiger partial charge on any atom is 0.233 e. The molecule has 0 saturated heterocycles. The van der Waals surface area contributed by atoms with E-state index in [1.807, 2.05) is 95.5 Å². The first kappa shape index (κ1) is 15.3. The lowest BCUT2D eigenvalue weighted by molar-refractivity contribution is 0.582. The topological polar surface area (TPSA) is 22.0 Å². The van der Waals surface area contributed by atoms with Crippen LogP contribution >= 0.6 is 18.9 Å². The molecule has 1 heterocycles. The first-order valence-corrected chi connectivity index (χ1v) is 9.73. The van der Waals surface area contributed by atoms with Gasteiger partial charge in [0, 0.05) is 27.2 Å². The first-order chi connectivity index (χ1) is 11.7. The van der Waals surface area contributed by atoms with Crippen LogP contribution in [0.1, 0.15) is 0 Å². The van der Waals surface area contributed by atoms with Crippen LogP contribution in [0.2, 0.25) is 5.02 Å². The van der Waals surface area contributed by atoms with Crippen molar-refractivity contribution in [2.24, 2.45) is 0 Å². The third kappa shape index (κ3) is 2.31. The smallest absolute Gasteiger partial charge is 0.233 e. The lowest BCUT2D eigenvalue weighted by atomic mass is 10.2. The molecule has 4 heteroatoms. The van der Waals surface area contributed by atoms with E-state index in [0.717, 1.165) is 21.5 Å². The number of fused-ring (bicyclic) bond motifs is 1. The third-order valence-electron chi connectivity index (χ3n) is 4.17. The van der Waals surface area contributed by atoms with Crippen molar-refractivity contribution in [2.45, 2.75) is 0 Å². The van der Waals surface area contributed by atoms with Gasteiger partial charge in [-0.1, -0.05) is 54.1 Å². The van der Waals surface area contributed by atoms with Crippen molar-refractivity contribution in [3.63, 3.8) is 0 Å². The van der Waals surface area contributed by atoms with Gasteiger partial charge < -0.3 is 0 Å². The number of nitrogens with zero attached hydrogens (tertiary/aromatic N) is 1. The van der Waals surface area contributed by atoms with Crippen LogP contribution in [-0.2, 0) is 4.57 Å². The largest absolute Gasteiger partial charge is 0.290 e. The van der Waals surface area contributed by atoms with E-state index in [-0.39, 0.29) is 0 Å². The number of hydrogen-bond donors (Lipinski definition) is 0. The summed E-state index contributed by atoms with van der Waals surface area (Å²) >= 11 is 6.31. The number of rotatable bonds is 3.